The molecule has 1 saturated heterocycles. The molecule has 0 radical (unpaired) electrons. The van der Waals surface area contributed by atoms with Crippen molar-refractivity contribution < 1.29 is 14.7 Å². The maximum Gasteiger partial charge on any atom is 0.220 e. The van der Waals surface area contributed by atoms with E-state index in [9.17, 15) is 14.7 Å². The summed E-state index contributed by atoms with van der Waals surface area (Å²) in [4.78, 5) is 24.5. The lowest BCUT2D eigenvalue weighted by molar-refractivity contribution is -0.125. The van der Waals surface area contributed by atoms with Crippen molar-refractivity contribution in [1.29, 1.82) is 0 Å². The van der Waals surface area contributed by atoms with Gasteiger partial charge in [-0.05, 0) is 56.7 Å². The Labute approximate surface area is 178 Å². The minimum Gasteiger partial charge on any atom is -0.387 e. The van der Waals surface area contributed by atoms with E-state index in [1.54, 1.807) is 19.1 Å². The van der Waals surface area contributed by atoms with Crippen molar-refractivity contribution in [2.24, 2.45) is 0 Å². The van der Waals surface area contributed by atoms with Crippen LogP contribution in [-0.2, 0) is 16.0 Å². The first-order chi connectivity index (χ1) is 13.7. The molecule has 5 nitrogen and oxygen atoms in total. The SMILES string of the molecule is C=CCC(O)(CC=C)[C@H](C)NC(=O)CC[C@]1(Cc2ccc(Cl)cc2)CCC(=O)N1. The van der Waals surface area contributed by atoms with E-state index in [4.69, 9.17) is 11.6 Å². The Bertz CT molecular complexity index is 737. The van der Waals surface area contributed by atoms with Gasteiger partial charge in [-0.3, -0.25) is 9.59 Å². The lowest BCUT2D eigenvalue weighted by atomic mass is 9.84. The summed E-state index contributed by atoms with van der Waals surface area (Å²) >= 11 is 5.96. The zero-order valence-corrected chi connectivity index (χ0v) is 17.8. The smallest absolute Gasteiger partial charge is 0.220 e. The Morgan fingerprint density at radius 2 is 1.97 bits per heavy atom. The van der Waals surface area contributed by atoms with Gasteiger partial charge in [-0.2, -0.15) is 0 Å². The van der Waals surface area contributed by atoms with Crippen LogP contribution in [0.1, 0.15) is 51.0 Å². The fraction of sp³-hybridized carbons (Fsp3) is 0.478. The molecule has 0 aliphatic carbocycles. The Morgan fingerprint density at radius 3 is 2.48 bits per heavy atom. The number of hydrogen-bond donors (Lipinski definition) is 3. The van der Waals surface area contributed by atoms with E-state index in [1.807, 2.05) is 24.3 Å². The molecule has 1 heterocycles. The maximum atomic E-state index is 12.6. The molecule has 0 aromatic heterocycles. The van der Waals surface area contributed by atoms with Gasteiger partial charge >= 0.3 is 0 Å². The van der Waals surface area contributed by atoms with E-state index < -0.39 is 17.2 Å². The summed E-state index contributed by atoms with van der Waals surface area (Å²) in [5.41, 5.74) is -0.483. The molecule has 0 bridgehead atoms. The summed E-state index contributed by atoms with van der Waals surface area (Å²) in [7, 11) is 0. The number of benzene rings is 1. The predicted octanol–water partition coefficient (Wildman–Crippen LogP) is 3.70. The lowest BCUT2D eigenvalue weighted by Gasteiger charge is -2.34. The van der Waals surface area contributed by atoms with Crippen molar-refractivity contribution in [3.8, 4) is 0 Å². The van der Waals surface area contributed by atoms with Crippen molar-refractivity contribution in [1.82, 2.24) is 10.6 Å². The van der Waals surface area contributed by atoms with Gasteiger partial charge in [0.25, 0.3) is 0 Å². The first kappa shape index (κ1) is 23.2. The number of nitrogens with one attached hydrogen (secondary N) is 2. The largest absolute Gasteiger partial charge is 0.387 e. The molecule has 0 spiro atoms. The monoisotopic (exact) mass is 418 g/mol. The maximum absolute atomic E-state index is 12.6. The molecule has 6 heteroatoms. The average molecular weight is 419 g/mol. The molecule has 0 saturated carbocycles. The number of aliphatic hydroxyl groups is 1. The fourth-order valence-electron chi connectivity index (χ4n) is 3.91. The molecule has 1 aliphatic heterocycles. The second-order valence-corrected chi connectivity index (χ2v) is 8.45. The van der Waals surface area contributed by atoms with Crippen molar-refractivity contribution in [3.05, 3.63) is 60.2 Å². The van der Waals surface area contributed by atoms with Crippen LogP contribution in [-0.4, -0.2) is 34.1 Å². The van der Waals surface area contributed by atoms with Crippen LogP contribution < -0.4 is 10.6 Å². The lowest BCUT2D eigenvalue weighted by Crippen LogP contribution is -2.51. The summed E-state index contributed by atoms with van der Waals surface area (Å²) in [6.45, 7) is 9.15. The highest BCUT2D eigenvalue weighted by molar-refractivity contribution is 6.30. The van der Waals surface area contributed by atoms with E-state index in [0.29, 0.717) is 43.5 Å². The van der Waals surface area contributed by atoms with Gasteiger partial charge in [0.15, 0.2) is 0 Å². The van der Waals surface area contributed by atoms with E-state index in [-0.39, 0.29) is 18.2 Å². The molecule has 158 valence electrons. The Kier molecular flexibility index (Phi) is 8.05. The van der Waals surface area contributed by atoms with Gasteiger partial charge < -0.3 is 15.7 Å². The van der Waals surface area contributed by atoms with Crippen molar-refractivity contribution >= 4 is 23.4 Å². The Hall–Kier alpha value is -2.11. The van der Waals surface area contributed by atoms with Crippen molar-refractivity contribution in [3.63, 3.8) is 0 Å². The fourth-order valence-corrected chi connectivity index (χ4v) is 4.04. The van der Waals surface area contributed by atoms with Crippen LogP contribution >= 0.6 is 11.6 Å². The highest BCUT2D eigenvalue weighted by Gasteiger charge is 2.38. The second kappa shape index (κ2) is 10.1. The van der Waals surface area contributed by atoms with Gasteiger partial charge in [-0.15, -0.1) is 13.2 Å². The molecule has 3 N–H and O–H groups in total. The molecule has 0 unspecified atom stereocenters. The molecule has 2 atom stereocenters. The number of hydrogen-bond acceptors (Lipinski definition) is 3. The predicted molar refractivity (Wildman–Crippen MR) is 117 cm³/mol. The Balaban J connectivity index is 2.00. The van der Waals surface area contributed by atoms with Gasteiger partial charge in [0.05, 0.1) is 11.6 Å². The van der Waals surface area contributed by atoms with Crippen LogP contribution in [0.15, 0.2) is 49.6 Å². The van der Waals surface area contributed by atoms with E-state index >= 15 is 0 Å². The van der Waals surface area contributed by atoms with E-state index in [1.165, 1.54) is 0 Å². The third kappa shape index (κ3) is 6.44. The van der Waals surface area contributed by atoms with Gasteiger partial charge in [0.2, 0.25) is 11.8 Å². The molecule has 1 fully saturated rings. The average Bonchev–Trinajstić information content (AvgIpc) is 3.03. The number of rotatable bonds is 11. The molecule has 2 amide bonds. The van der Waals surface area contributed by atoms with Gasteiger partial charge in [0, 0.05) is 23.4 Å². The third-order valence-corrected chi connectivity index (χ3v) is 5.95. The summed E-state index contributed by atoms with van der Waals surface area (Å²) in [5.74, 6) is -0.139. The summed E-state index contributed by atoms with van der Waals surface area (Å²) in [6, 6.07) is 7.10. The Morgan fingerprint density at radius 1 is 1.34 bits per heavy atom. The summed E-state index contributed by atoms with van der Waals surface area (Å²) in [5, 5.41) is 17.4. The number of halogens is 1. The number of carbonyl (C=O) groups is 2. The van der Waals surface area contributed by atoms with Crippen LogP contribution in [0.4, 0.5) is 0 Å². The zero-order chi connectivity index (χ0) is 21.5. The van der Waals surface area contributed by atoms with Crippen LogP contribution in [0.5, 0.6) is 0 Å². The summed E-state index contributed by atoms with van der Waals surface area (Å²) in [6.07, 6.45) is 6.59. The second-order valence-electron chi connectivity index (χ2n) is 8.01. The van der Waals surface area contributed by atoms with E-state index in [2.05, 4.69) is 23.8 Å². The highest BCUT2D eigenvalue weighted by Crippen LogP contribution is 2.30. The van der Waals surface area contributed by atoms with E-state index in [0.717, 1.165) is 5.56 Å². The van der Waals surface area contributed by atoms with Gasteiger partial charge in [-0.25, -0.2) is 0 Å². The minimum absolute atomic E-state index is 0.0130. The number of carbonyl (C=O) groups excluding carboxylic acids is 2. The standard InChI is InChI=1S/C23H31ClN2O3/c1-4-12-23(29,13-5-2)17(3)25-20(27)10-14-22(15-11-21(28)26-22)16-18-6-8-19(24)9-7-18/h4-9,17,29H,1-2,10-16H2,3H3,(H,25,27)(H,26,28)/t17-,22+/m0/s1. The topological polar surface area (TPSA) is 78.4 Å². The third-order valence-electron chi connectivity index (χ3n) is 5.70. The van der Waals surface area contributed by atoms with Crippen molar-refractivity contribution in [2.75, 3.05) is 0 Å². The van der Waals surface area contributed by atoms with Gasteiger partial charge in [-0.1, -0.05) is 35.9 Å². The number of amides is 2. The molecular weight excluding hydrogens is 388 g/mol. The normalized spacial score (nSPS) is 20.0. The first-order valence-corrected chi connectivity index (χ1v) is 10.4. The quantitative estimate of drug-likeness (QED) is 0.479. The molecule has 1 aliphatic rings. The van der Waals surface area contributed by atoms with Crippen LogP contribution in [0.25, 0.3) is 0 Å². The summed E-state index contributed by atoms with van der Waals surface area (Å²) < 4.78 is 0. The zero-order valence-electron chi connectivity index (χ0n) is 17.0. The molecule has 29 heavy (non-hydrogen) atoms. The van der Waals surface area contributed by atoms with Crippen LogP contribution in [0.2, 0.25) is 5.02 Å². The molecule has 1 aromatic carbocycles. The van der Waals surface area contributed by atoms with Crippen LogP contribution in [0.3, 0.4) is 0 Å². The molecular formula is C23H31ClN2O3. The van der Waals surface area contributed by atoms with Crippen LogP contribution in [0, 0.1) is 0 Å². The minimum atomic E-state index is -1.11. The molecule has 1 aromatic rings. The van der Waals surface area contributed by atoms with Crippen molar-refractivity contribution in [2.45, 2.75) is 69.1 Å². The van der Waals surface area contributed by atoms with Gasteiger partial charge in [0.1, 0.15) is 0 Å². The first-order valence-electron chi connectivity index (χ1n) is 10.0. The highest BCUT2D eigenvalue weighted by atomic mass is 35.5. The molecule has 2 rings (SSSR count).